The molecule has 2 aliphatic heterocycles. The first-order valence-corrected chi connectivity index (χ1v) is 8.05. The van der Waals surface area contributed by atoms with Gasteiger partial charge in [-0.05, 0) is 24.1 Å². The summed E-state index contributed by atoms with van der Waals surface area (Å²) in [5.41, 5.74) is 1.49. The Kier molecular flexibility index (Phi) is 4.80. The molecule has 2 amide bonds. The lowest BCUT2D eigenvalue weighted by Gasteiger charge is -2.31. The average Bonchev–Trinajstić information content (AvgIpc) is 3.00. The average molecular weight is 332 g/mol. The summed E-state index contributed by atoms with van der Waals surface area (Å²) in [5.74, 6) is -1.09. The molecule has 7 heteroatoms. The van der Waals surface area contributed by atoms with Gasteiger partial charge in [0.2, 0.25) is 5.91 Å². The molecule has 1 unspecified atom stereocenters. The van der Waals surface area contributed by atoms with E-state index in [1.165, 1.54) is 4.90 Å². The molecule has 0 spiro atoms. The molecule has 2 saturated heterocycles. The molecule has 0 bridgehead atoms. The monoisotopic (exact) mass is 332 g/mol. The minimum atomic E-state index is -1.06. The van der Waals surface area contributed by atoms with Gasteiger partial charge in [-0.3, -0.25) is 9.59 Å². The summed E-state index contributed by atoms with van der Waals surface area (Å²) in [5, 5.41) is 9.01. The third-order valence-electron chi connectivity index (χ3n) is 4.37. The molecule has 0 saturated carbocycles. The van der Waals surface area contributed by atoms with E-state index in [0.717, 1.165) is 18.5 Å². The van der Waals surface area contributed by atoms with Crippen molar-refractivity contribution in [3.8, 4) is 0 Å². The molecule has 1 atom stereocenters. The number of morpholine rings is 1. The highest BCUT2D eigenvalue weighted by Crippen LogP contribution is 2.16. The van der Waals surface area contributed by atoms with E-state index in [4.69, 9.17) is 9.84 Å². The Bertz CT molecular complexity index is 643. The van der Waals surface area contributed by atoms with Gasteiger partial charge in [0, 0.05) is 31.6 Å². The largest absolute Gasteiger partial charge is 0.479 e. The van der Waals surface area contributed by atoms with Crippen LogP contribution < -0.4 is 0 Å². The van der Waals surface area contributed by atoms with Crippen molar-refractivity contribution >= 4 is 17.8 Å². The summed E-state index contributed by atoms with van der Waals surface area (Å²) in [4.78, 5) is 38.5. The standard InChI is InChI=1S/C17H20N2O5/c20-15-2-1-7-18(15)10-12-3-5-13(6-4-12)16(21)19-8-9-24-14(11-19)17(22)23/h3-6,14H,1-2,7-11H2,(H,22,23). The number of hydrogen-bond donors (Lipinski definition) is 1. The number of nitrogens with zero attached hydrogens (tertiary/aromatic N) is 2. The molecule has 2 fully saturated rings. The molecule has 24 heavy (non-hydrogen) atoms. The van der Waals surface area contributed by atoms with Gasteiger partial charge in [0.25, 0.3) is 5.91 Å². The van der Waals surface area contributed by atoms with Crippen LogP contribution >= 0.6 is 0 Å². The fraction of sp³-hybridized carbons (Fsp3) is 0.471. The van der Waals surface area contributed by atoms with Crippen LogP contribution in [0.5, 0.6) is 0 Å². The predicted octanol–water partition coefficient (Wildman–Crippen LogP) is 0.735. The van der Waals surface area contributed by atoms with Crippen LogP contribution in [-0.4, -0.2) is 65.0 Å². The van der Waals surface area contributed by atoms with Crippen molar-refractivity contribution in [3.63, 3.8) is 0 Å². The van der Waals surface area contributed by atoms with Gasteiger partial charge >= 0.3 is 5.97 Å². The van der Waals surface area contributed by atoms with Crippen molar-refractivity contribution in [3.05, 3.63) is 35.4 Å². The number of amides is 2. The second-order valence-corrected chi connectivity index (χ2v) is 6.06. The van der Waals surface area contributed by atoms with Gasteiger partial charge in [-0.2, -0.15) is 0 Å². The molecule has 2 aliphatic rings. The van der Waals surface area contributed by atoms with Crippen LogP contribution in [0.15, 0.2) is 24.3 Å². The van der Waals surface area contributed by atoms with Gasteiger partial charge in [0.05, 0.1) is 13.2 Å². The van der Waals surface area contributed by atoms with Crippen molar-refractivity contribution in [2.24, 2.45) is 0 Å². The van der Waals surface area contributed by atoms with Gasteiger partial charge in [-0.1, -0.05) is 12.1 Å². The zero-order valence-electron chi connectivity index (χ0n) is 13.3. The quantitative estimate of drug-likeness (QED) is 0.878. The number of hydrogen-bond acceptors (Lipinski definition) is 4. The zero-order valence-corrected chi connectivity index (χ0v) is 13.3. The highest BCUT2D eigenvalue weighted by atomic mass is 16.5. The summed E-state index contributed by atoms with van der Waals surface area (Å²) in [7, 11) is 0. The first kappa shape index (κ1) is 16.4. The van der Waals surface area contributed by atoms with Crippen molar-refractivity contribution in [1.29, 1.82) is 0 Å². The predicted molar refractivity (Wildman–Crippen MR) is 84.4 cm³/mol. The highest BCUT2D eigenvalue weighted by molar-refractivity contribution is 5.94. The number of aliphatic carboxylic acids is 1. The van der Waals surface area contributed by atoms with Crippen LogP contribution in [0.3, 0.4) is 0 Å². The van der Waals surface area contributed by atoms with Crippen LogP contribution in [0.2, 0.25) is 0 Å². The SMILES string of the molecule is O=C(O)C1CN(C(=O)c2ccc(CN3CCCC3=O)cc2)CCO1. The van der Waals surface area contributed by atoms with Crippen molar-refractivity contribution in [2.75, 3.05) is 26.2 Å². The number of ether oxygens (including phenoxy) is 1. The maximum absolute atomic E-state index is 12.5. The third kappa shape index (κ3) is 3.56. The lowest BCUT2D eigenvalue weighted by Crippen LogP contribution is -2.48. The summed E-state index contributed by atoms with van der Waals surface area (Å²) in [6.45, 7) is 2.00. The number of rotatable bonds is 4. The molecule has 3 rings (SSSR count). The Labute approximate surface area is 139 Å². The van der Waals surface area contributed by atoms with E-state index in [9.17, 15) is 14.4 Å². The van der Waals surface area contributed by atoms with E-state index in [1.54, 1.807) is 12.1 Å². The third-order valence-corrected chi connectivity index (χ3v) is 4.37. The molecule has 7 nitrogen and oxygen atoms in total. The second-order valence-electron chi connectivity index (χ2n) is 6.06. The van der Waals surface area contributed by atoms with Gasteiger partial charge in [0.1, 0.15) is 0 Å². The molecule has 1 N–H and O–H groups in total. The molecule has 0 radical (unpaired) electrons. The summed E-state index contributed by atoms with van der Waals surface area (Å²) in [6.07, 6.45) is 0.540. The maximum Gasteiger partial charge on any atom is 0.334 e. The molecule has 2 heterocycles. The highest BCUT2D eigenvalue weighted by Gasteiger charge is 2.29. The van der Waals surface area contributed by atoms with Crippen LogP contribution in [0.4, 0.5) is 0 Å². The molecule has 0 aliphatic carbocycles. The van der Waals surface area contributed by atoms with E-state index in [1.807, 2.05) is 17.0 Å². The van der Waals surface area contributed by atoms with Crippen LogP contribution in [-0.2, 0) is 20.9 Å². The zero-order chi connectivity index (χ0) is 17.1. The lowest BCUT2D eigenvalue weighted by molar-refractivity contribution is -0.154. The van der Waals surface area contributed by atoms with Gasteiger partial charge < -0.3 is 19.6 Å². The van der Waals surface area contributed by atoms with Gasteiger partial charge in [0.15, 0.2) is 6.10 Å². The smallest absolute Gasteiger partial charge is 0.334 e. The number of carboxylic acids is 1. The normalized spacial score (nSPS) is 21.2. The van der Waals surface area contributed by atoms with Crippen LogP contribution in [0.25, 0.3) is 0 Å². The van der Waals surface area contributed by atoms with E-state index in [0.29, 0.717) is 25.1 Å². The van der Waals surface area contributed by atoms with Crippen LogP contribution in [0.1, 0.15) is 28.8 Å². The molecular formula is C17H20N2O5. The Morgan fingerprint density at radius 2 is 1.96 bits per heavy atom. The van der Waals surface area contributed by atoms with E-state index in [-0.39, 0.29) is 25.0 Å². The Hall–Kier alpha value is -2.41. The molecule has 0 aromatic heterocycles. The fourth-order valence-electron chi connectivity index (χ4n) is 3.01. The van der Waals surface area contributed by atoms with Gasteiger partial charge in [-0.25, -0.2) is 4.79 Å². The van der Waals surface area contributed by atoms with E-state index >= 15 is 0 Å². The molecule has 128 valence electrons. The Balaban J connectivity index is 1.63. The minimum absolute atomic E-state index is 0.0538. The maximum atomic E-state index is 12.5. The summed E-state index contributed by atoms with van der Waals surface area (Å²) < 4.78 is 5.13. The fourth-order valence-corrected chi connectivity index (χ4v) is 3.01. The summed E-state index contributed by atoms with van der Waals surface area (Å²) >= 11 is 0. The van der Waals surface area contributed by atoms with E-state index < -0.39 is 12.1 Å². The van der Waals surface area contributed by atoms with Crippen molar-refractivity contribution < 1.29 is 24.2 Å². The van der Waals surface area contributed by atoms with Crippen molar-refractivity contribution in [2.45, 2.75) is 25.5 Å². The van der Waals surface area contributed by atoms with Crippen molar-refractivity contribution in [1.82, 2.24) is 9.80 Å². The summed E-state index contributed by atoms with van der Waals surface area (Å²) in [6, 6.07) is 7.13. The first-order valence-electron chi connectivity index (χ1n) is 8.05. The minimum Gasteiger partial charge on any atom is -0.479 e. The number of carbonyl (C=O) groups is 3. The van der Waals surface area contributed by atoms with E-state index in [2.05, 4.69) is 0 Å². The number of likely N-dealkylation sites (tertiary alicyclic amines) is 1. The topological polar surface area (TPSA) is 87.2 Å². The molecular weight excluding hydrogens is 312 g/mol. The Morgan fingerprint density at radius 3 is 2.58 bits per heavy atom. The molecule has 1 aromatic carbocycles. The number of carbonyl (C=O) groups excluding carboxylic acids is 2. The Morgan fingerprint density at radius 1 is 1.21 bits per heavy atom. The number of benzene rings is 1. The second kappa shape index (κ2) is 7.00. The lowest BCUT2D eigenvalue weighted by atomic mass is 10.1. The first-order chi connectivity index (χ1) is 11.5. The number of carboxylic acid groups (broad SMARTS) is 1. The molecule has 1 aromatic rings. The van der Waals surface area contributed by atoms with Gasteiger partial charge in [-0.15, -0.1) is 0 Å². The van der Waals surface area contributed by atoms with Crippen LogP contribution in [0, 0.1) is 0 Å².